The second-order valence-corrected chi connectivity index (χ2v) is 7.41. The lowest BCUT2D eigenvalue weighted by Gasteiger charge is -2.32. The molecule has 2 heterocycles. The minimum Gasteiger partial charge on any atom is -0.490 e. The molecule has 1 saturated heterocycles. The molecule has 2 atom stereocenters. The standard InChI is InChI=1S/C22H33NO5/c1-4-25-20-12-17-9-10-23(14-18(17)13-21(20)26-5-2)22(24)16(3)28-15-19-8-6-7-11-27-19/h12-13,16,19H,4-11,14-15H2,1-3H3. The van der Waals surface area contributed by atoms with Gasteiger partial charge in [-0.2, -0.15) is 0 Å². The monoisotopic (exact) mass is 391 g/mol. The summed E-state index contributed by atoms with van der Waals surface area (Å²) in [6, 6.07) is 4.08. The number of rotatable bonds is 8. The van der Waals surface area contributed by atoms with Gasteiger partial charge in [0.15, 0.2) is 11.5 Å². The molecule has 2 aliphatic rings. The van der Waals surface area contributed by atoms with Gasteiger partial charge < -0.3 is 23.8 Å². The number of carbonyl (C=O) groups is 1. The van der Waals surface area contributed by atoms with Gasteiger partial charge in [0.2, 0.25) is 0 Å². The van der Waals surface area contributed by atoms with E-state index < -0.39 is 6.10 Å². The normalized spacial score (nSPS) is 20.4. The molecule has 0 saturated carbocycles. The highest BCUT2D eigenvalue weighted by Crippen LogP contribution is 2.34. The zero-order valence-corrected chi connectivity index (χ0v) is 17.4. The smallest absolute Gasteiger partial charge is 0.251 e. The first kappa shape index (κ1) is 20.9. The highest BCUT2D eigenvalue weighted by Gasteiger charge is 2.27. The first-order chi connectivity index (χ1) is 13.6. The number of benzene rings is 1. The van der Waals surface area contributed by atoms with E-state index in [2.05, 4.69) is 6.07 Å². The number of fused-ring (bicyclic) bond motifs is 1. The number of carbonyl (C=O) groups excluding carboxylic acids is 1. The number of hydrogen-bond acceptors (Lipinski definition) is 5. The van der Waals surface area contributed by atoms with Crippen LogP contribution in [0, 0.1) is 0 Å². The summed E-state index contributed by atoms with van der Waals surface area (Å²) in [4.78, 5) is 14.7. The number of ether oxygens (including phenoxy) is 4. The molecule has 1 amide bonds. The van der Waals surface area contributed by atoms with E-state index >= 15 is 0 Å². The van der Waals surface area contributed by atoms with Crippen LogP contribution >= 0.6 is 0 Å². The summed E-state index contributed by atoms with van der Waals surface area (Å²) in [7, 11) is 0. The van der Waals surface area contributed by atoms with Gasteiger partial charge in [0.25, 0.3) is 5.91 Å². The van der Waals surface area contributed by atoms with Crippen molar-refractivity contribution in [3.05, 3.63) is 23.3 Å². The fraction of sp³-hybridized carbons (Fsp3) is 0.682. The lowest BCUT2D eigenvalue weighted by Crippen LogP contribution is -2.43. The van der Waals surface area contributed by atoms with Crippen LogP contribution in [-0.2, 0) is 27.2 Å². The van der Waals surface area contributed by atoms with E-state index in [1.54, 1.807) is 0 Å². The first-order valence-electron chi connectivity index (χ1n) is 10.6. The number of hydrogen-bond donors (Lipinski definition) is 0. The summed E-state index contributed by atoms with van der Waals surface area (Å²) in [6.45, 7) is 9.50. The molecule has 2 aliphatic heterocycles. The van der Waals surface area contributed by atoms with Gasteiger partial charge in [-0.25, -0.2) is 0 Å². The first-order valence-corrected chi connectivity index (χ1v) is 10.6. The Balaban J connectivity index is 1.61. The van der Waals surface area contributed by atoms with Crippen LogP contribution in [0.25, 0.3) is 0 Å². The van der Waals surface area contributed by atoms with Crippen molar-refractivity contribution in [2.45, 2.75) is 65.2 Å². The molecular weight excluding hydrogens is 358 g/mol. The highest BCUT2D eigenvalue weighted by molar-refractivity contribution is 5.81. The molecule has 1 aromatic rings. The van der Waals surface area contributed by atoms with E-state index in [0.717, 1.165) is 42.9 Å². The average molecular weight is 392 g/mol. The summed E-state index contributed by atoms with van der Waals surface area (Å²) >= 11 is 0. The van der Waals surface area contributed by atoms with E-state index in [9.17, 15) is 4.79 Å². The van der Waals surface area contributed by atoms with Gasteiger partial charge in [-0.1, -0.05) is 0 Å². The molecule has 0 radical (unpaired) electrons. The lowest BCUT2D eigenvalue weighted by molar-refractivity contribution is -0.147. The third-order valence-corrected chi connectivity index (χ3v) is 5.34. The number of amides is 1. The van der Waals surface area contributed by atoms with Crippen LogP contribution < -0.4 is 9.47 Å². The highest BCUT2D eigenvalue weighted by atomic mass is 16.5. The lowest BCUT2D eigenvalue weighted by atomic mass is 9.98. The Morgan fingerprint density at radius 1 is 1.18 bits per heavy atom. The average Bonchev–Trinajstić information content (AvgIpc) is 2.72. The topological polar surface area (TPSA) is 57.2 Å². The van der Waals surface area contributed by atoms with Crippen molar-refractivity contribution in [3.63, 3.8) is 0 Å². The van der Waals surface area contributed by atoms with Gasteiger partial charge in [-0.3, -0.25) is 4.79 Å². The molecule has 1 aromatic carbocycles. The molecule has 0 bridgehead atoms. The molecule has 3 rings (SSSR count). The summed E-state index contributed by atoms with van der Waals surface area (Å²) in [6.07, 6.45) is 3.78. The maximum Gasteiger partial charge on any atom is 0.251 e. The van der Waals surface area contributed by atoms with Crippen LogP contribution in [0.4, 0.5) is 0 Å². The van der Waals surface area contributed by atoms with Gasteiger partial charge in [0.1, 0.15) is 6.10 Å². The van der Waals surface area contributed by atoms with Crippen molar-refractivity contribution in [2.24, 2.45) is 0 Å². The fourth-order valence-corrected chi connectivity index (χ4v) is 3.81. The summed E-state index contributed by atoms with van der Waals surface area (Å²) < 4.78 is 23.0. The maximum atomic E-state index is 12.9. The molecule has 0 N–H and O–H groups in total. The fourth-order valence-electron chi connectivity index (χ4n) is 3.81. The van der Waals surface area contributed by atoms with Crippen molar-refractivity contribution in [1.82, 2.24) is 4.90 Å². The molecule has 2 unspecified atom stereocenters. The second kappa shape index (κ2) is 10.1. The Morgan fingerprint density at radius 2 is 1.89 bits per heavy atom. The SMILES string of the molecule is CCOc1cc2c(cc1OCC)CN(C(=O)C(C)OCC1CCCCO1)CC2. The molecule has 156 valence electrons. The van der Waals surface area contributed by atoms with E-state index in [1.807, 2.05) is 31.7 Å². The molecule has 6 nitrogen and oxygen atoms in total. The zero-order chi connectivity index (χ0) is 19.9. The van der Waals surface area contributed by atoms with Gasteiger partial charge in [0.05, 0.1) is 25.9 Å². The van der Waals surface area contributed by atoms with Crippen LogP contribution in [0.2, 0.25) is 0 Å². The van der Waals surface area contributed by atoms with Crippen LogP contribution in [-0.4, -0.2) is 56.0 Å². The molecule has 28 heavy (non-hydrogen) atoms. The van der Waals surface area contributed by atoms with E-state index in [1.165, 1.54) is 12.0 Å². The van der Waals surface area contributed by atoms with E-state index in [0.29, 0.717) is 32.9 Å². The summed E-state index contributed by atoms with van der Waals surface area (Å²) in [5, 5.41) is 0. The number of nitrogens with zero attached hydrogens (tertiary/aromatic N) is 1. The van der Waals surface area contributed by atoms with Crippen molar-refractivity contribution >= 4 is 5.91 Å². The third kappa shape index (κ3) is 5.17. The maximum absolute atomic E-state index is 12.9. The van der Waals surface area contributed by atoms with Crippen molar-refractivity contribution in [1.29, 1.82) is 0 Å². The predicted octanol–water partition coefficient (Wildman–Crippen LogP) is 3.34. The van der Waals surface area contributed by atoms with Gasteiger partial charge >= 0.3 is 0 Å². The predicted molar refractivity (Wildman–Crippen MR) is 107 cm³/mol. The Bertz CT molecular complexity index is 657. The van der Waals surface area contributed by atoms with Gasteiger partial charge in [-0.05, 0) is 69.7 Å². The van der Waals surface area contributed by atoms with Crippen LogP contribution in [0.15, 0.2) is 12.1 Å². The van der Waals surface area contributed by atoms with Crippen molar-refractivity contribution in [2.75, 3.05) is 33.0 Å². The molecule has 1 fully saturated rings. The minimum atomic E-state index is -0.457. The Hall–Kier alpha value is -1.79. The Morgan fingerprint density at radius 3 is 2.54 bits per heavy atom. The second-order valence-electron chi connectivity index (χ2n) is 7.41. The van der Waals surface area contributed by atoms with Crippen molar-refractivity contribution in [3.8, 4) is 11.5 Å². The van der Waals surface area contributed by atoms with E-state index in [4.69, 9.17) is 18.9 Å². The minimum absolute atomic E-state index is 0.0355. The summed E-state index contributed by atoms with van der Waals surface area (Å²) in [5.41, 5.74) is 2.34. The zero-order valence-electron chi connectivity index (χ0n) is 17.4. The summed E-state index contributed by atoms with van der Waals surface area (Å²) in [5.74, 6) is 1.57. The molecular formula is C22H33NO5. The quantitative estimate of drug-likeness (QED) is 0.680. The Labute approximate surface area is 168 Å². The van der Waals surface area contributed by atoms with Gasteiger partial charge in [-0.15, -0.1) is 0 Å². The van der Waals surface area contributed by atoms with Crippen LogP contribution in [0.3, 0.4) is 0 Å². The molecule has 0 aliphatic carbocycles. The molecule has 0 spiro atoms. The Kier molecular flexibility index (Phi) is 7.57. The van der Waals surface area contributed by atoms with Crippen molar-refractivity contribution < 1.29 is 23.7 Å². The van der Waals surface area contributed by atoms with Gasteiger partial charge in [0, 0.05) is 19.7 Å². The van der Waals surface area contributed by atoms with Crippen LogP contribution in [0.1, 0.15) is 51.2 Å². The third-order valence-electron chi connectivity index (χ3n) is 5.34. The van der Waals surface area contributed by atoms with E-state index in [-0.39, 0.29) is 12.0 Å². The van der Waals surface area contributed by atoms with Crippen LogP contribution in [0.5, 0.6) is 11.5 Å². The largest absolute Gasteiger partial charge is 0.490 e. The molecule has 6 heteroatoms. The molecule has 0 aromatic heterocycles.